The first-order valence-electron chi connectivity index (χ1n) is 11.6. The molecule has 0 heterocycles. The molecule has 7 heteroatoms. The molecule has 0 aliphatic carbocycles. The molecule has 0 aliphatic heterocycles. The fourth-order valence-electron chi connectivity index (χ4n) is 3.41. The monoisotopic (exact) mass is 430 g/mol. The van der Waals surface area contributed by atoms with E-state index < -0.39 is 36.4 Å². The van der Waals surface area contributed by atoms with E-state index in [0.29, 0.717) is 6.42 Å². The molecule has 0 amide bonds. The minimum Gasteiger partial charge on any atom is -0.481 e. The Morgan fingerprint density at radius 1 is 0.667 bits per heavy atom. The van der Waals surface area contributed by atoms with Gasteiger partial charge in [-0.05, 0) is 6.42 Å². The maximum atomic E-state index is 11.7. The lowest BCUT2D eigenvalue weighted by Gasteiger charge is -2.20. The molecule has 0 aromatic carbocycles. The highest BCUT2D eigenvalue weighted by molar-refractivity contribution is 5.88. The van der Waals surface area contributed by atoms with E-state index in [9.17, 15) is 19.5 Å². The van der Waals surface area contributed by atoms with E-state index in [-0.39, 0.29) is 6.61 Å². The molecule has 3 N–H and O–H groups in total. The maximum absolute atomic E-state index is 11.7. The molecule has 7 nitrogen and oxygen atoms in total. The number of hydrogen-bond donors (Lipinski definition) is 3. The molecular weight excluding hydrogens is 388 g/mol. The van der Waals surface area contributed by atoms with Crippen molar-refractivity contribution in [3.63, 3.8) is 0 Å². The Morgan fingerprint density at radius 2 is 1.07 bits per heavy atom. The van der Waals surface area contributed by atoms with Crippen LogP contribution in [0.4, 0.5) is 0 Å². The smallest absolute Gasteiger partial charge is 0.336 e. The topological polar surface area (TPSA) is 121 Å². The van der Waals surface area contributed by atoms with Crippen molar-refractivity contribution in [1.29, 1.82) is 0 Å². The van der Waals surface area contributed by atoms with Gasteiger partial charge in [0.05, 0.1) is 19.4 Å². The van der Waals surface area contributed by atoms with Crippen LogP contribution in [0.2, 0.25) is 0 Å². The third-order valence-corrected chi connectivity index (χ3v) is 5.29. The summed E-state index contributed by atoms with van der Waals surface area (Å²) >= 11 is 0. The average Bonchev–Trinajstić information content (AvgIpc) is 2.66. The van der Waals surface area contributed by atoms with Gasteiger partial charge in [-0.2, -0.15) is 0 Å². The molecule has 0 saturated heterocycles. The molecule has 1 unspecified atom stereocenters. The number of unbranched alkanes of at least 4 members (excludes halogenated alkanes) is 14. The van der Waals surface area contributed by atoms with E-state index in [1.807, 2.05) is 0 Å². The van der Waals surface area contributed by atoms with Crippen molar-refractivity contribution in [2.45, 2.75) is 122 Å². The Labute approximate surface area is 181 Å². The number of carboxylic acids is 2. The van der Waals surface area contributed by atoms with Crippen LogP contribution < -0.4 is 0 Å². The van der Waals surface area contributed by atoms with Gasteiger partial charge in [0.25, 0.3) is 0 Å². The Kier molecular flexibility index (Phi) is 17.2. The summed E-state index contributed by atoms with van der Waals surface area (Å²) < 4.78 is 4.93. The molecule has 1 atom stereocenters. The van der Waals surface area contributed by atoms with E-state index >= 15 is 0 Å². The van der Waals surface area contributed by atoms with Crippen molar-refractivity contribution >= 4 is 17.9 Å². The van der Waals surface area contributed by atoms with Gasteiger partial charge in [0.2, 0.25) is 0 Å². The van der Waals surface area contributed by atoms with Gasteiger partial charge >= 0.3 is 17.9 Å². The zero-order chi connectivity index (χ0) is 22.7. The molecular formula is C23H42O7. The minimum atomic E-state index is -2.63. The molecule has 0 spiro atoms. The van der Waals surface area contributed by atoms with Crippen LogP contribution >= 0.6 is 0 Å². The molecule has 30 heavy (non-hydrogen) atoms. The lowest BCUT2D eigenvalue weighted by molar-refractivity contribution is -0.172. The summed E-state index contributed by atoms with van der Waals surface area (Å²) in [6.45, 7) is 2.39. The van der Waals surface area contributed by atoms with E-state index in [2.05, 4.69) is 6.92 Å². The number of aliphatic carboxylic acids is 2. The molecule has 0 aromatic rings. The molecule has 0 bridgehead atoms. The predicted molar refractivity (Wildman–Crippen MR) is 115 cm³/mol. The average molecular weight is 431 g/mol. The number of carbonyl (C=O) groups is 3. The normalized spacial score (nSPS) is 13.0. The van der Waals surface area contributed by atoms with E-state index in [4.69, 9.17) is 14.9 Å². The number of carboxylic acid groups (broad SMARTS) is 2. The second kappa shape index (κ2) is 18.2. The first-order chi connectivity index (χ1) is 14.3. The predicted octanol–water partition coefficient (Wildman–Crippen LogP) is 5.08. The number of esters is 1. The largest absolute Gasteiger partial charge is 0.481 e. The highest BCUT2D eigenvalue weighted by Gasteiger charge is 2.41. The Balaban J connectivity index is 3.52. The first kappa shape index (κ1) is 28.4. The van der Waals surface area contributed by atoms with Crippen LogP contribution in [0.1, 0.15) is 116 Å². The van der Waals surface area contributed by atoms with Gasteiger partial charge in [0.1, 0.15) is 0 Å². The number of aliphatic hydroxyl groups is 1. The fourth-order valence-corrected chi connectivity index (χ4v) is 3.41. The van der Waals surface area contributed by atoms with Gasteiger partial charge in [0.15, 0.2) is 5.60 Å². The number of ether oxygens (including phenoxy) is 1. The molecule has 0 fully saturated rings. The number of hydrogen-bond acceptors (Lipinski definition) is 5. The Hall–Kier alpha value is -1.63. The summed E-state index contributed by atoms with van der Waals surface area (Å²) in [5, 5.41) is 27.4. The van der Waals surface area contributed by atoms with Crippen LogP contribution in [-0.4, -0.2) is 45.4 Å². The van der Waals surface area contributed by atoms with Crippen molar-refractivity contribution in [2.24, 2.45) is 0 Å². The van der Waals surface area contributed by atoms with Crippen molar-refractivity contribution in [2.75, 3.05) is 6.61 Å². The summed E-state index contributed by atoms with van der Waals surface area (Å²) in [6.07, 6.45) is 16.5. The molecule has 0 radical (unpaired) electrons. The summed E-state index contributed by atoms with van der Waals surface area (Å²) in [5.41, 5.74) is -2.63. The van der Waals surface area contributed by atoms with E-state index in [1.165, 1.54) is 70.6 Å². The molecule has 0 aromatic heterocycles. The SMILES string of the molecule is CCCCCCCCCCCCCCCCCOC(=O)CC(O)(CC(=O)O)C(=O)O. The van der Waals surface area contributed by atoms with Crippen molar-refractivity contribution < 1.29 is 34.4 Å². The molecule has 0 rings (SSSR count). The Bertz CT molecular complexity index is 478. The standard InChI is InChI=1S/C23H42O7/c1-2-3-4-5-6-7-8-9-10-11-12-13-14-15-16-17-30-21(26)19-23(29,22(27)28)18-20(24)25/h29H,2-19H2,1H3,(H,24,25)(H,27,28). The van der Waals surface area contributed by atoms with Gasteiger partial charge in [-0.3, -0.25) is 9.59 Å². The first-order valence-corrected chi connectivity index (χ1v) is 11.6. The van der Waals surface area contributed by atoms with Gasteiger partial charge in [-0.25, -0.2) is 4.79 Å². The summed E-state index contributed by atoms with van der Waals surface area (Å²) in [4.78, 5) is 33.3. The Morgan fingerprint density at radius 3 is 1.43 bits per heavy atom. The fraction of sp³-hybridized carbons (Fsp3) is 0.870. The van der Waals surface area contributed by atoms with Crippen LogP contribution in [0, 0.1) is 0 Å². The molecule has 176 valence electrons. The highest BCUT2D eigenvalue weighted by Crippen LogP contribution is 2.17. The third kappa shape index (κ3) is 16.2. The molecule has 0 aliphatic rings. The van der Waals surface area contributed by atoms with Crippen molar-refractivity contribution in [3.8, 4) is 0 Å². The van der Waals surface area contributed by atoms with E-state index in [0.717, 1.165) is 19.3 Å². The van der Waals surface area contributed by atoms with Crippen molar-refractivity contribution in [3.05, 3.63) is 0 Å². The number of rotatable bonds is 21. The van der Waals surface area contributed by atoms with E-state index in [1.54, 1.807) is 0 Å². The van der Waals surface area contributed by atoms with Gasteiger partial charge in [-0.1, -0.05) is 96.8 Å². The van der Waals surface area contributed by atoms with Crippen LogP contribution in [0.15, 0.2) is 0 Å². The summed E-state index contributed by atoms with van der Waals surface area (Å²) in [5.74, 6) is -4.13. The second-order valence-corrected chi connectivity index (χ2v) is 8.25. The number of carbonyl (C=O) groups excluding carboxylic acids is 1. The van der Waals surface area contributed by atoms with Gasteiger partial charge < -0.3 is 20.1 Å². The summed E-state index contributed by atoms with van der Waals surface area (Å²) in [6, 6.07) is 0. The van der Waals surface area contributed by atoms with Crippen LogP contribution in [0.5, 0.6) is 0 Å². The van der Waals surface area contributed by atoms with Crippen molar-refractivity contribution in [1.82, 2.24) is 0 Å². The molecule has 0 saturated carbocycles. The summed E-state index contributed by atoms with van der Waals surface area (Å²) in [7, 11) is 0. The maximum Gasteiger partial charge on any atom is 0.336 e. The zero-order valence-corrected chi connectivity index (χ0v) is 18.7. The second-order valence-electron chi connectivity index (χ2n) is 8.25. The zero-order valence-electron chi connectivity index (χ0n) is 18.7. The lowest BCUT2D eigenvalue weighted by Crippen LogP contribution is -2.43. The minimum absolute atomic E-state index is 0.153. The van der Waals surface area contributed by atoms with Gasteiger partial charge in [0, 0.05) is 0 Å². The van der Waals surface area contributed by atoms with Gasteiger partial charge in [-0.15, -0.1) is 0 Å². The van der Waals surface area contributed by atoms with Crippen LogP contribution in [0.3, 0.4) is 0 Å². The van der Waals surface area contributed by atoms with Crippen LogP contribution in [-0.2, 0) is 19.1 Å². The lowest BCUT2D eigenvalue weighted by atomic mass is 9.96. The quantitative estimate of drug-likeness (QED) is 0.171. The van der Waals surface area contributed by atoms with Crippen LogP contribution in [0.25, 0.3) is 0 Å². The highest BCUT2D eigenvalue weighted by atomic mass is 16.5. The third-order valence-electron chi connectivity index (χ3n) is 5.29.